The fraction of sp³-hybridized carbons (Fsp3) is 0.400. The Hall–Kier alpha value is -1.78. The summed E-state index contributed by atoms with van der Waals surface area (Å²) in [5, 5.41) is 15.0. The van der Waals surface area contributed by atoms with E-state index < -0.39 is 0 Å². The number of hydrogen-bond donors (Lipinski definition) is 3. The standard InChI is InChI=1S/C10H14N4O2S/c1-13-9(15)7-8(12)6(5-11)17-10(7)14-3-4-16-2/h14H,3-4,12H2,1-2H3,(H,13,15). The van der Waals surface area contributed by atoms with Gasteiger partial charge in [-0.25, -0.2) is 0 Å². The van der Waals surface area contributed by atoms with Gasteiger partial charge in [0.1, 0.15) is 15.9 Å². The summed E-state index contributed by atoms with van der Waals surface area (Å²) in [7, 11) is 3.11. The molecule has 0 saturated heterocycles. The number of nitrogen functional groups attached to an aromatic ring is 1. The van der Waals surface area contributed by atoms with Gasteiger partial charge in [-0.1, -0.05) is 0 Å². The molecule has 1 heterocycles. The van der Waals surface area contributed by atoms with Crippen molar-refractivity contribution >= 4 is 27.9 Å². The van der Waals surface area contributed by atoms with E-state index >= 15 is 0 Å². The van der Waals surface area contributed by atoms with Gasteiger partial charge < -0.3 is 21.1 Å². The minimum Gasteiger partial charge on any atom is -0.396 e. The van der Waals surface area contributed by atoms with Crippen LogP contribution in [0.1, 0.15) is 15.2 Å². The maximum absolute atomic E-state index is 11.7. The zero-order valence-corrected chi connectivity index (χ0v) is 10.5. The topological polar surface area (TPSA) is 100 Å². The van der Waals surface area contributed by atoms with Crippen LogP contribution in [0.15, 0.2) is 0 Å². The summed E-state index contributed by atoms with van der Waals surface area (Å²) in [5.74, 6) is -0.305. The van der Waals surface area contributed by atoms with Gasteiger partial charge in [-0.05, 0) is 0 Å². The number of nitrogens with two attached hydrogens (primary N) is 1. The monoisotopic (exact) mass is 254 g/mol. The highest BCUT2D eigenvalue weighted by atomic mass is 32.1. The highest BCUT2D eigenvalue weighted by Gasteiger charge is 2.20. The van der Waals surface area contributed by atoms with Crippen molar-refractivity contribution in [2.24, 2.45) is 0 Å². The second kappa shape index (κ2) is 6.08. The third-order valence-corrected chi connectivity index (χ3v) is 3.16. The number of nitrogens with zero attached hydrogens (tertiary/aromatic N) is 1. The Morgan fingerprint density at radius 1 is 1.65 bits per heavy atom. The summed E-state index contributed by atoms with van der Waals surface area (Å²) in [5.41, 5.74) is 6.29. The molecule has 4 N–H and O–H groups in total. The molecule has 0 atom stereocenters. The van der Waals surface area contributed by atoms with Gasteiger partial charge in [0, 0.05) is 20.7 Å². The molecule has 0 bridgehead atoms. The molecule has 0 fully saturated rings. The van der Waals surface area contributed by atoms with Crippen molar-refractivity contribution in [2.75, 3.05) is 38.4 Å². The predicted octanol–water partition coefficient (Wildman–Crippen LogP) is 0.620. The minimum absolute atomic E-state index is 0.219. The van der Waals surface area contributed by atoms with Gasteiger partial charge in [0.25, 0.3) is 5.91 Å². The number of rotatable bonds is 5. The molecule has 17 heavy (non-hydrogen) atoms. The number of hydrogen-bond acceptors (Lipinski definition) is 6. The fourth-order valence-electron chi connectivity index (χ4n) is 1.27. The number of carbonyl (C=O) groups is 1. The lowest BCUT2D eigenvalue weighted by atomic mass is 10.2. The van der Waals surface area contributed by atoms with Crippen LogP contribution in [0, 0.1) is 11.3 Å². The highest BCUT2D eigenvalue weighted by Crippen LogP contribution is 2.34. The molecule has 1 rings (SSSR count). The second-order valence-electron chi connectivity index (χ2n) is 3.16. The van der Waals surface area contributed by atoms with Gasteiger partial charge >= 0.3 is 0 Å². The van der Waals surface area contributed by atoms with Crippen LogP contribution in [-0.2, 0) is 4.74 Å². The number of methoxy groups -OCH3 is 1. The fourth-order valence-corrected chi connectivity index (χ4v) is 2.21. The summed E-state index contributed by atoms with van der Waals surface area (Å²) < 4.78 is 4.90. The van der Waals surface area contributed by atoms with Gasteiger partial charge in [0.05, 0.1) is 17.9 Å². The lowest BCUT2D eigenvalue weighted by Crippen LogP contribution is -2.20. The van der Waals surface area contributed by atoms with Crippen molar-refractivity contribution in [3.63, 3.8) is 0 Å². The first-order valence-corrected chi connectivity index (χ1v) is 5.74. The number of thiophene rings is 1. The van der Waals surface area contributed by atoms with E-state index in [0.29, 0.717) is 28.6 Å². The molecular formula is C10H14N4O2S. The van der Waals surface area contributed by atoms with Gasteiger partial charge in [-0.15, -0.1) is 11.3 Å². The molecule has 7 heteroatoms. The molecule has 0 spiro atoms. The first kappa shape index (κ1) is 13.3. The minimum atomic E-state index is -0.305. The van der Waals surface area contributed by atoms with E-state index in [0.717, 1.165) is 0 Å². The Balaban J connectivity index is 3.02. The molecule has 1 aromatic heterocycles. The van der Waals surface area contributed by atoms with Crippen LogP contribution in [0.25, 0.3) is 0 Å². The predicted molar refractivity (Wildman–Crippen MR) is 67.2 cm³/mol. The Morgan fingerprint density at radius 3 is 2.88 bits per heavy atom. The van der Waals surface area contributed by atoms with Crippen molar-refractivity contribution in [3.05, 3.63) is 10.4 Å². The molecule has 0 aliphatic carbocycles. The molecule has 1 aromatic rings. The lowest BCUT2D eigenvalue weighted by Gasteiger charge is -2.06. The van der Waals surface area contributed by atoms with Crippen LogP contribution in [0.4, 0.5) is 10.7 Å². The summed E-state index contributed by atoms with van der Waals surface area (Å²) in [4.78, 5) is 12.0. The quantitative estimate of drug-likeness (QED) is 0.669. The van der Waals surface area contributed by atoms with Gasteiger partial charge in [-0.2, -0.15) is 5.26 Å². The van der Waals surface area contributed by atoms with Crippen LogP contribution in [-0.4, -0.2) is 33.2 Å². The normalized spacial score (nSPS) is 9.71. The number of nitrogens with one attached hydrogen (secondary N) is 2. The van der Waals surface area contributed by atoms with Gasteiger partial charge in [0.15, 0.2) is 0 Å². The largest absolute Gasteiger partial charge is 0.396 e. The summed E-state index contributed by atoms with van der Waals surface area (Å²) in [6, 6.07) is 1.97. The average molecular weight is 254 g/mol. The van der Waals surface area contributed by atoms with Crippen molar-refractivity contribution in [1.29, 1.82) is 5.26 Å². The molecule has 0 radical (unpaired) electrons. The lowest BCUT2D eigenvalue weighted by molar-refractivity contribution is 0.0965. The Bertz CT molecular complexity index is 450. The summed E-state index contributed by atoms with van der Waals surface area (Å²) in [6.45, 7) is 1.05. The molecule has 1 amide bonds. The molecule has 6 nitrogen and oxygen atoms in total. The van der Waals surface area contributed by atoms with Crippen molar-refractivity contribution in [3.8, 4) is 6.07 Å². The molecule has 0 aliphatic heterocycles. The Labute approximate surface area is 103 Å². The van der Waals surface area contributed by atoms with E-state index in [2.05, 4.69) is 10.6 Å². The molecule has 0 unspecified atom stereocenters. The molecule has 0 aliphatic rings. The number of anilines is 2. The van der Waals surface area contributed by atoms with Crippen molar-refractivity contribution in [2.45, 2.75) is 0 Å². The number of ether oxygens (including phenoxy) is 1. The zero-order valence-electron chi connectivity index (χ0n) is 9.66. The van der Waals surface area contributed by atoms with E-state index in [1.165, 1.54) is 18.4 Å². The summed E-state index contributed by atoms with van der Waals surface area (Å²) in [6.07, 6.45) is 0. The van der Waals surface area contributed by atoms with E-state index in [1.807, 2.05) is 6.07 Å². The van der Waals surface area contributed by atoms with Gasteiger partial charge in [-0.3, -0.25) is 4.79 Å². The van der Waals surface area contributed by atoms with Gasteiger partial charge in [0.2, 0.25) is 0 Å². The maximum atomic E-state index is 11.7. The number of amides is 1. The van der Waals surface area contributed by atoms with E-state index in [4.69, 9.17) is 15.7 Å². The van der Waals surface area contributed by atoms with Crippen LogP contribution >= 0.6 is 11.3 Å². The van der Waals surface area contributed by atoms with E-state index in [9.17, 15) is 4.79 Å². The maximum Gasteiger partial charge on any atom is 0.256 e. The first-order valence-electron chi connectivity index (χ1n) is 4.93. The SMILES string of the molecule is CNC(=O)c1c(NCCOC)sc(C#N)c1N. The number of nitriles is 1. The van der Waals surface area contributed by atoms with Crippen LogP contribution in [0.2, 0.25) is 0 Å². The van der Waals surface area contributed by atoms with Crippen molar-refractivity contribution < 1.29 is 9.53 Å². The Morgan fingerprint density at radius 2 is 2.35 bits per heavy atom. The second-order valence-corrected chi connectivity index (χ2v) is 4.18. The average Bonchev–Trinajstić information content (AvgIpc) is 2.65. The molecule has 0 aromatic carbocycles. The smallest absolute Gasteiger partial charge is 0.256 e. The highest BCUT2D eigenvalue weighted by molar-refractivity contribution is 7.17. The zero-order chi connectivity index (χ0) is 12.8. The van der Waals surface area contributed by atoms with E-state index in [1.54, 1.807) is 7.11 Å². The third kappa shape index (κ3) is 2.87. The van der Waals surface area contributed by atoms with Crippen LogP contribution in [0.3, 0.4) is 0 Å². The summed E-state index contributed by atoms with van der Waals surface area (Å²) >= 11 is 1.17. The van der Waals surface area contributed by atoms with E-state index in [-0.39, 0.29) is 11.6 Å². The van der Waals surface area contributed by atoms with Crippen LogP contribution in [0.5, 0.6) is 0 Å². The molecule has 92 valence electrons. The van der Waals surface area contributed by atoms with Crippen molar-refractivity contribution in [1.82, 2.24) is 5.32 Å². The van der Waals surface area contributed by atoms with Crippen LogP contribution < -0.4 is 16.4 Å². The first-order chi connectivity index (χ1) is 8.15. The molecule has 0 saturated carbocycles. The molecular weight excluding hydrogens is 240 g/mol. The Kier molecular flexibility index (Phi) is 4.75. The third-order valence-electron chi connectivity index (χ3n) is 2.09. The number of carbonyl (C=O) groups excluding carboxylic acids is 1.